The molecule has 0 aliphatic carbocycles. The molecule has 1 amide bonds. The van der Waals surface area contributed by atoms with Crippen molar-refractivity contribution in [3.8, 4) is 17.5 Å². The lowest BCUT2D eigenvalue weighted by molar-refractivity contribution is -0.133. The molecule has 2 heterocycles. The molecule has 1 fully saturated rings. The van der Waals surface area contributed by atoms with Crippen LogP contribution in [0.25, 0.3) is 0 Å². The number of ether oxygens (including phenoxy) is 3. The maximum atomic E-state index is 12.6. The summed E-state index contributed by atoms with van der Waals surface area (Å²) >= 11 is 0. The van der Waals surface area contributed by atoms with Crippen molar-refractivity contribution >= 4 is 5.91 Å². The first-order chi connectivity index (χ1) is 12.7. The van der Waals surface area contributed by atoms with Gasteiger partial charge in [-0.1, -0.05) is 12.1 Å². The minimum Gasteiger partial charge on any atom is -0.497 e. The molecular weight excluding hydrogens is 334 g/mol. The average molecular weight is 357 g/mol. The van der Waals surface area contributed by atoms with Crippen LogP contribution < -0.4 is 14.2 Å². The Morgan fingerprint density at radius 3 is 2.88 bits per heavy atom. The number of carbonyl (C=O) groups excluding carboxylic acids is 1. The summed E-state index contributed by atoms with van der Waals surface area (Å²) in [5.74, 6) is 1.66. The van der Waals surface area contributed by atoms with E-state index in [1.807, 2.05) is 29.2 Å². The third kappa shape index (κ3) is 4.62. The number of likely N-dealkylation sites (tertiary alicyclic amines) is 1. The smallest absolute Gasteiger partial charge is 0.235 e. The first-order valence-electron chi connectivity index (χ1n) is 8.61. The van der Waals surface area contributed by atoms with Gasteiger partial charge >= 0.3 is 0 Å². The first-order valence-corrected chi connectivity index (χ1v) is 8.61. The van der Waals surface area contributed by atoms with E-state index in [0.717, 1.165) is 30.7 Å². The van der Waals surface area contributed by atoms with Gasteiger partial charge in [0.05, 0.1) is 39.6 Å². The first kappa shape index (κ1) is 18.0. The molecule has 0 spiro atoms. The summed E-state index contributed by atoms with van der Waals surface area (Å²) in [6.07, 6.45) is 5.10. The molecule has 138 valence electrons. The fourth-order valence-corrected chi connectivity index (χ4v) is 2.99. The highest BCUT2D eigenvalue weighted by Gasteiger charge is 2.25. The number of hydrogen-bond donors (Lipinski definition) is 0. The van der Waals surface area contributed by atoms with Gasteiger partial charge in [0, 0.05) is 6.54 Å². The van der Waals surface area contributed by atoms with Crippen molar-refractivity contribution in [2.75, 3.05) is 27.3 Å². The molecule has 1 atom stereocenters. The van der Waals surface area contributed by atoms with E-state index in [1.54, 1.807) is 13.3 Å². The van der Waals surface area contributed by atoms with Crippen LogP contribution in [0.3, 0.4) is 0 Å². The van der Waals surface area contributed by atoms with Crippen LogP contribution in [-0.2, 0) is 11.2 Å². The van der Waals surface area contributed by atoms with E-state index in [9.17, 15) is 4.79 Å². The van der Waals surface area contributed by atoms with Gasteiger partial charge in [-0.3, -0.25) is 9.78 Å². The molecule has 2 aromatic rings. The van der Waals surface area contributed by atoms with Crippen LogP contribution in [0.5, 0.6) is 17.5 Å². The lowest BCUT2D eigenvalue weighted by Crippen LogP contribution is -2.45. The summed E-state index contributed by atoms with van der Waals surface area (Å²) < 4.78 is 16.2. The third-order valence-corrected chi connectivity index (χ3v) is 4.31. The van der Waals surface area contributed by atoms with E-state index in [4.69, 9.17) is 14.2 Å². The zero-order valence-electron chi connectivity index (χ0n) is 15.1. The summed E-state index contributed by atoms with van der Waals surface area (Å²) in [6, 6.07) is 7.59. The second-order valence-electron chi connectivity index (χ2n) is 6.15. The van der Waals surface area contributed by atoms with Crippen LogP contribution in [0.2, 0.25) is 0 Å². The number of rotatable bonds is 6. The lowest BCUT2D eigenvalue weighted by atomic mass is 10.1. The largest absolute Gasteiger partial charge is 0.497 e. The quantitative estimate of drug-likeness (QED) is 0.788. The van der Waals surface area contributed by atoms with E-state index in [1.165, 1.54) is 13.3 Å². The van der Waals surface area contributed by atoms with Gasteiger partial charge < -0.3 is 19.1 Å². The van der Waals surface area contributed by atoms with Gasteiger partial charge in [-0.25, -0.2) is 0 Å². The zero-order valence-corrected chi connectivity index (χ0v) is 15.1. The maximum absolute atomic E-state index is 12.6. The number of nitrogens with zero attached hydrogens (tertiary/aromatic N) is 3. The Morgan fingerprint density at radius 2 is 2.08 bits per heavy atom. The maximum Gasteiger partial charge on any atom is 0.235 e. The number of aromatic nitrogens is 2. The highest BCUT2D eigenvalue weighted by Crippen LogP contribution is 2.19. The molecule has 1 aliphatic heterocycles. The van der Waals surface area contributed by atoms with E-state index in [2.05, 4.69) is 9.97 Å². The van der Waals surface area contributed by atoms with Crippen LogP contribution in [-0.4, -0.2) is 54.2 Å². The van der Waals surface area contributed by atoms with Crippen molar-refractivity contribution in [3.63, 3.8) is 0 Å². The summed E-state index contributed by atoms with van der Waals surface area (Å²) in [5.41, 5.74) is 0.941. The summed E-state index contributed by atoms with van der Waals surface area (Å²) in [5, 5.41) is 0. The predicted octanol–water partition coefficient (Wildman–Crippen LogP) is 2.11. The molecular formula is C19H23N3O4. The minimum atomic E-state index is -0.0978. The van der Waals surface area contributed by atoms with Crippen LogP contribution in [0.1, 0.15) is 18.4 Å². The van der Waals surface area contributed by atoms with Gasteiger partial charge in [0.25, 0.3) is 0 Å². The molecule has 1 unspecified atom stereocenters. The van der Waals surface area contributed by atoms with Crippen molar-refractivity contribution in [1.29, 1.82) is 0 Å². The number of carbonyl (C=O) groups is 1. The zero-order chi connectivity index (χ0) is 18.4. The second-order valence-corrected chi connectivity index (χ2v) is 6.15. The second kappa shape index (κ2) is 8.51. The van der Waals surface area contributed by atoms with Gasteiger partial charge in [-0.05, 0) is 30.5 Å². The van der Waals surface area contributed by atoms with Gasteiger partial charge in [0.2, 0.25) is 17.7 Å². The highest BCUT2D eigenvalue weighted by atomic mass is 16.5. The normalized spacial score (nSPS) is 16.8. The number of methoxy groups -OCH3 is 2. The Hall–Kier alpha value is -2.83. The fourth-order valence-electron chi connectivity index (χ4n) is 2.99. The SMILES string of the molecule is COc1cccc(CC(=O)N2CCCC(Oc3cncc(OC)n3)C2)c1. The summed E-state index contributed by atoms with van der Waals surface area (Å²) in [4.78, 5) is 22.8. The van der Waals surface area contributed by atoms with Crippen LogP contribution in [0, 0.1) is 0 Å². The number of amides is 1. The Bertz CT molecular complexity index is 753. The molecule has 1 saturated heterocycles. The van der Waals surface area contributed by atoms with Gasteiger partial charge in [-0.2, -0.15) is 4.98 Å². The number of hydrogen-bond acceptors (Lipinski definition) is 6. The molecule has 1 aromatic heterocycles. The highest BCUT2D eigenvalue weighted by molar-refractivity contribution is 5.79. The molecule has 0 bridgehead atoms. The Balaban J connectivity index is 1.59. The average Bonchev–Trinajstić information content (AvgIpc) is 2.68. The monoisotopic (exact) mass is 357 g/mol. The molecule has 26 heavy (non-hydrogen) atoms. The van der Waals surface area contributed by atoms with Crippen LogP contribution in [0.15, 0.2) is 36.7 Å². The molecule has 7 heteroatoms. The van der Waals surface area contributed by atoms with E-state index in [-0.39, 0.29) is 12.0 Å². The summed E-state index contributed by atoms with van der Waals surface area (Å²) in [6.45, 7) is 1.29. The van der Waals surface area contributed by atoms with Crippen molar-refractivity contribution in [2.45, 2.75) is 25.4 Å². The third-order valence-electron chi connectivity index (χ3n) is 4.31. The number of piperidine rings is 1. The number of benzene rings is 1. The Labute approximate surface area is 152 Å². The molecule has 0 saturated carbocycles. The molecule has 7 nitrogen and oxygen atoms in total. The van der Waals surface area contributed by atoms with Crippen molar-refractivity contribution in [3.05, 3.63) is 42.2 Å². The molecule has 3 rings (SSSR count). The van der Waals surface area contributed by atoms with Crippen LogP contribution in [0.4, 0.5) is 0 Å². The molecule has 1 aromatic carbocycles. The Morgan fingerprint density at radius 1 is 1.23 bits per heavy atom. The van der Waals surface area contributed by atoms with Crippen LogP contribution >= 0.6 is 0 Å². The standard InChI is InChI=1S/C19H23N3O4/c1-24-15-6-3-5-14(9-15)10-19(23)22-8-4-7-16(13-22)26-18-12-20-11-17(21-18)25-2/h3,5-6,9,11-12,16H,4,7-8,10,13H2,1-2H3. The molecule has 0 radical (unpaired) electrons. The van der Waals surface area contributed by atoms with E-state index >= 15 is 0 Å². The minimum absolute atomic E-state index is 0.0864. The summed E-state index contributed by atoms with van der Waals surface area (Å²) in [7, 11) is 3.16. The molecule has 1 aliphatic rings. The lowest BCUT2D eigenvalue weighted by Gasteiger charge is -2.32. The van der Waals surface area contributed by atoms with Crippen molar-refractivity contribution in [2.24, 2.45) is 0 Å². The topological polar surface area (TPSA) is 73.8 Å². The van der Waals surface area contributed by atoms with Gasteiger partial charge in [0.15, 0.2) is 0 Å². The van der Waals surface area contributed by atoms with Crippen molar-refractivity contribution in [1.82, 2.24) is 14.9 Å². The van der Waals surface area contributed by atoms with Crippen molar-refractivity contribution < 1.29 is 19.0 Å². The predicted molar refractivity (Wildman–Crippen MR) is 95.5 cm³/mol. The van der Waals surface area contributed by atoms with Gasteiger partial charge in [-0.15, -0.1) is 0 Å². The molecule has 0 N–H and O–H groups in total. The van der Waals surface area contributed by atoms with Gasteiger partial charge in [0.1, 0.15) is 11.9 Å². The fraction of sp³-hybridized carbons (Fsp3) is 0.421. The Kier molecular flexibility index (Phi) is 5.88. The van der Waals surface area contributed by atoms with E-state index in [0.29, 0.717) is 24.7 Å². The van der Waals surface area contributed by atoms with E-state index < -0.39 is 0 Å².